The molecule has 8 heteroatoms. The number of benzene rings is 1. The standard InChI is InChI=1S/C12H17ClNO5P/c1-9(2)11(12(15)19-20(13,16)17)14-18-8-10-6-4-3-5-7-10/h3-7,9,11,14H,8H2,1-2H3,(H,16,17)/t11-/m0/s1. The van der Waals surface area contributed by atoms with Gasteiger partial charge in [-0.05, 0) is 11.5 Å². The summed E-state index contributed by atoms with van der Waals surface area (Å²) in [6, 6.07) is 8.45. The zero-order valence-corrected chi connectivity index (χ0v) is 12.8. The van der Waals surface area contributed by atoms with Gasteiger partial charge in [-0.2, -0.15) is 5.48 Å². The van der Waals surface area contributed by atoms with Crippen LogP contribution in [0.1, 0.15) is 19.4 Å². The van der Waals surface area contributed by atoms with Gasteiger partial charge in [0, 0.05) is 11.2 Å². The molecule has 0 fully saturated rings. The third-order valence-corrected chi connectivity index (χ3v) is 3.03. The normalized spacial score (nSPS) is 15.7. The van der Waals surface area contributed by atoms with E-state index in [-0.39, 0.29) is 12.5 Å². The second-order valence-corrected chi connectivity index (χ2v) is 6.84. The zero-order valence-electron chi connectivity index (χ0n) is 11.2. The molecule has 0 spiro atoms. The van der Waals surface area contributed by atoms with Crippen molar-refractivity contribution in [2.45, 2.75) is 26.5 Å². The first kappa shape index (κ1) is 17.1. The van der Waals surface area contributed by atoms with E-state index in [4.69, 9.17) is 21.0 Å². The van der Waals surface area contributed by atoms with Gasteiger partial charge in [-0.15, -0.1) is 0 Å². The lowest BCUT2D eigenvalue weighted by Gasteiger charge is -2.20. The topological polar surface area (TPSA) is 84.9 Å². The van der Waals surface area contributed by atoms with Gasteiger partial charge in [-0.1, -0.05) is 44.2 Å². The van der Waals surface area contributed by atoms with Crippen LogP contribution in [-0.4, -0.2) is 16.9 Å². The fourth-order valence-corrected chi connectivity index (χ4v) is 1.95. The molecule has 2 atom stereocenters. The molecule has 1 rings (SSSR count). The average molecular weight is 322 g/mol. The van der Waals surface area contributed by atoms with Crippen LogP contribution in [0.4, 0.5) is 0 Å². The summed E-state index contributed by atoms with van der Waals surface area (Å²) in [7, 11) is 0. The summed E-state index contributed by atoms with van der Waals surface area (Å²) in [5.41, 5.74) is 3.44. The van der Waals surface area contributed by atoms with Crippen molar-refractivity contribution >= 4 is 24.2 Å². The second-order valence-electron chi connectivity index (χ2n) is 4.48. The molecule has 1 aromatic carbocycles. The summed E-state index contributed by atoms with van der Waals surface area (Å²) in [5, 5.41) is 0. The summed E-state index contributed by atoms with van der Waals surface area (Å²) >= 11 is 5.01. The third kappa shape index (κ3) is 6.50. The minimum Gasteiger partial charge on any atom is -0.379 e. The van der Waals surface area contributed by atoms with Gasteiger partial charge in [0.25, 0.3) is 0 Å². The predicted octanol–water partition coefficient (Wildman–Crippen LogP) is 2.61. The van der Waals surface area contributed by atoms with Crippen LogP contribution in [0, 0.1) is 5.92 Å². The van der Waals surface area contributed by atoms with Gasteiger partial charge in [0.2, 0.25) is 0 Å². The molecule has 0 saturated carbocycles. The lowest BCUT2D eigenvalue weighted by atomic mass is 10.1. The minimum atomic E-state index is -4.38. The quantitative estimate of drug-likeness (QED) is 0.593. The van der Waals surface area contributed by atoms with Crippen LogP contribution in [-0.2, 0) is 25.3 Å². The molecule has 0 aromatic heterocycles. The smallest absolute Gasteiger partial charge is 0.379 e. The van der Waals surface area contributed by atoms with Crippen molar-refractivity contribution < 1.29 is 23.6 Å². The lowest BCUT2D eigenvalue weighted by Crippen LogP contribution is -2.41. The molecular weight excluding hydrogens is 305 g/mol. The highest BCUT2D eigenvalue weighted by Gasteiger charge is 2.30. The lowest BCUT2D eigenvalue weighted by molar-refractivity contribution is -0.143. The number of nitrogens with one attached hydrogen (secondary N) is 1. The molecule has 1 unspecified atom stereocenters. The van der Waals surface area contributed by atoms with Crippen molar-refractivity contribution in [2.24, 2.45) is 5.92 Å². The van der Waals surface area contributed by atoms with E-state index in [9.17, 15) is 9.36 Å². The first-order valence-electron chi connectivity index (χ1n) is 5.96. The van der Waals surface area contributed by atoms with Crippen LogP contribution in [0.25, 0.3) is 0 Å². The van der Waals surface area contributed by atoms with E-state index in [1.807, 2.05) is 30.3 Å². The van der Waals surface area contributed by atoms with Crippen LogP contribution >= 0.6 is 18.2 Å². The van der Waals surface area contributed by atoms with Crippen molar-refractivity contribution in [3.63, 3.8) is 0 Å². The summed E-state index contributed by atoms with van der Waals surface area (Å²) in [5.74, 6) is -1.14. The van der Waals surface area contributed by atoms with E-state index in [1.165, 1.54) is 0 Å². The Morgan fingerprint density at radius 1 is 1.40 bits per heavy atom. The van der Waals surface area contributed by atoms with E-state index in [2.05, 4.69) is 10.0 Å². The Kier molecular flexibility index (Phi) is 6.65. The molecule has 112 valence electrons. The predicted molar refractivity (Wildman–Crippen MR) is 74.8 cm³/mol. The Bertz CT molecular complexity index is 476. The SMILES string of the molecule is CC(C)[C@H](NOCc1ccccc1)C(=O)OP(=O)(O)Cl. The van der Waals surface area contributed by atoms with Gasteiger partial charge in [-0.25, -0.2) is 9.36 Å². The van der Waals surface area contributed by atoms with Crippen LogP contribution in [0.5, 0.6) is 0 Å². The summed E-state index contributed by atoms with van der Waals surface area (Å²) < 4.78 is 15.1. The van der Waals surface area contributed by atoms with Gasteiger partial charge in [0.05, 0.1) is 6.61 Å². The molecule has 0 radical (unpaired) electrons. The molecule has 0 aliphatic heterocycles. The maximum atomic E-state index is 11.7. The van der Waals surface area contributed by atoms with E-state index in [0.29, 0.717) is 0 Å². The molecule has 0 bridgehead atoms. The van der Waals surface area contributed by atoms with Gasteiger partial charge in [-0.3, -0.25) is 4.84 Å². The molecule has 20 heavy (non-hydrogen) atoms. The Labute approximate surface area is 122 Å². The van der Waals surface area contributed by atoms with Gasteiger partial charge < -0.3 is 9.42 Å². The third-order valence-electron chi connectivity index (χ3n) is 2.42. The number of carbonyl (C=O) groups excluding carboxylic acids is 1. The van der Waals surface area contributed by atoms with E-state index in [0.717, 1.165) is 5.56 Å². The molecule has 0 saturated heterocycles. The zero-order chi connectivity index (χ0) is 15.2. The Morgan fingerprint density at radius 3 is 2.50 bits per heavy atom. The number of hydroxylamine groups is 1. The Hall–Kier alpha value is -0.910. The van der Waals surface area contributed by atoms with E-state index >= 15 is 0 Å². The van der Waals surface area contributed by atoms with Crippen LogP contribution in [0.2, 0.25) is 0 Å². The van der Waals surface area contributed by atoms with E-state index in [1.54, 1.807) is 13.8 Å². The number of halogens is 1. The summed E-state index contributed by atoms with van der Waals surface area (Å²) in [6.07, 6.45) is 0. The molecule has 0 heterocycles. The number of rotatable bonds is 7. The maximum Gasteiger partial charge on any atom is 0.476 e. The first-order chi connectivity index (χ1) is 9.29. The molecule has 0 aliphatic rings. The Balaban J connectivity index is 2.51. The molecular formula is C12H17ClNO5P. The Morgan fingerprint density at radius 2 is 2.00 bits per heavy atom. The van der Waals surface area contributed by atoms with Gasteiger partial charge in [0.1, 0.15) is 6.04 Å². The van der Waals surface area contributed by atoms with Crippen molar-refractivity contribution in [2.75, 3.05) is 0 Å². The van der Waals surface area contributed by atoms with Gasteiger partial charge in [0.15, 0.2) is 0 Å². The fraction of sp³-hybridized carbons (Fsp3) is 0.417. The van der Waals surface area contributed by atoms with Crippen LogP contribution in [0.15, 0.2) is 30.3 Å². The molecule has 6 nitrogen and oxygen atoms in total. The van der Waals surface area contributed by atoms with Crippen LogP contribution in [0.3, 0.4) is 0 Å². The fourth-order valence-electron chi connectivity index (χ4n) is 1.41. The summed E-state index contributed by atoms with van der Waals surface area (Å²) in [6.45, 7) is -0.659. The van der Waals surface area contributed by atoms with Gasteiger partial charge >= 0.3 is 12.9 Å². The highest BCUT2D eigenvalue weighted by atomic mass is 35.7. The molecule has 0 amide bonds. The summed E-state index contributed by atoms with van der Waals surface area (Å²) in [4.78, 5) is 25.7. The minimum absolute atomic E-state index is 0.207. The molecule has 0 aliphatic carbocycles. The number of carbonyl (C=O) groups is 1. The van der Waals surface area contributed by atoms with Crippen molar-refractivity contribution in [3.05, 3.63) is 35.9 Å². The second kappa shape index (κ2) is 7.76. The molecule has 1 aromatic rings. The van der Waals surface area contributed by atoms with Crippen LogP contribution < -0.4 is 5.48 Å². The largest absolute Gasteiger partial charge is 0.476 e. The monoisotopic (exact) mass is 321 g/mol. The first-order valence-corrected chi connectivity index (χ1v) is 8.45. The van der Waals surface area contributed by atoms with E-state index < -0.39 is 19.0 Å². The highest BCUT2D eigenvalue weighted by molar-refractivity contribution is 7.80. The van der Waals surface area contributed by atoms with Crippen molar-refractivity contribution in [1.82, 2.24) is 5.48 Å². The van der Waals surface area contributed by atoms with Crippen molar-refractivity contribution in [1.29, 1.82) is 0 Å². The number of hydrogen-bond donors (Lipinski definition) is 2. The number of hydrogen-bond acceptors (Lipinski definition) is 5. The average Bonchev–Trinajstić information content (AvgIpc) is 2.33. The highest BCUT2D eigenvalue weighted by Crippen LogP contribution is 2.47. The van der Waals surface area contributed by atoms with Crippen molar-refractivity contribution in [3.8, 4) is 0 Å². The maximum absolute atomic E-state index is 11.7. The molecule has 2 N–H and O–H groups in total.